The first-order valence-electron chi connectivity index (χ1n) is 6.88. The SMILES string of the molecule is CS(=O)(=O)C1CSCCN1C(=O)C1(C(N)=NO)CCCC1. The molecule has 2 fully saturated rings. The average Bonchev–Trinajstić information content (AvgIpc) is 2.95. The molecular weight excluding hydrogens is 314 g/mol. The zero-order chi connectivity index (χ0) is 15.7. The largest absolute Gasteiger partial charge is 0.409 e. The third-order valence-corrected chi connectivity index (χ3v) is 6.95. The third kappa shape index (κ3) is 2.98. The molecule has 120 valence electrons. The van der Waals surface area contributed by atoms with E-state index in [1.54, 1.807) is 0 Å². The predicted octanol–water partition coefficient (Wildman–Crippen LogP) is 0.239. The second-order valence-electron chi connectivity index (χ2n) is 5.63. The molecule has 0 aromatic heterocycles. The number of carbonyl (C=O) groups is 1. The molecular formula is C12H21N3O4S2. The first kappa shape index (κ1) is 16.4. The summed E-state index contributed by atoms with van der Waals surface area (Å²) < 4.78 is 23.9. The summed E-state index contributed by atoms with van der Waals surface area (Å²) in [6.45, 7) is 0.377. The summed E-state index contributed by atoms with van der Waals surface area (Å²) in [6, 6.07) is 0. The van der Waals surface area contributed by atoms with Gasteiger partial charge in [0.05, 0.1) is 0 Å². The number of carbonyl (C=O) groups excluding carboxylic acids is 1. The van der Waals surface area contributed by atoms with Crippen molar-refractivity contribution in [3.8, 4) is 0 Å². The van der Waals surface area contributed by atoms with Crippen molar-refractivity contribution in [2.24, 2.45) is 16.3 Å². The zero-order valence-electron chi connectivity index (χ0n) is 12.0. The number of amidine groups is 1. The minimum absolute atomic E-state index is 0.101. The van der Waals surface area contributed by atoms with Crippen molar-refractivity contribution >= 4 is 33.3 Å². The number of rotatable bonds is 3. The highest BCUT2D eigenvalue weighted by Crippen LogP contribution is 2.41. The standard InChI is InChI=1S/C12H21N3O4S2/c1-21(18,19)9-8-20-7-6-15(9)11(16)12(10(13)14-17)4-2-3-5-12/h9,17H,2-8H2,1H3,(H2,13,14). The molecule has 2 rings (SSSR count). The highest BCUT2D eigenvalue weighted by atomic mass is 32.2. The minimum Gasteiger partial charge on any atom is -0.409 e. The molecule has 0 spiro atoms. The van der Waals surface area contributed by atoms with Gasteiger partial charge in [0, 0.05) is 24.3 Å². The van der Waals surface area contributed by atoms with E-state index in [4.69, 9.17) is 10.9 Å². The van der Waals surface area contributed by atoms with Gasteiger partial charge in [0.15, 0.2) is 15.7 Å². The molecule has 1 aliphatic carbocycles. The molecule has 1 unspecified atom stereocenters. The number of amides is 1. The van der Waals surface area contributed by atoms with Gasteiger partial charge in [0.1, 0.15) is 10.8 Å². The topological polar surface area (TPSA) is 113 Å². The normalized spacial score (nSPS) is 26.8. The van der Waals surface area contributed by atoms with Crippen LogP contribution in [0, 0.1) is 5.41 Å². The number of nitrogens with zero attached hydrogens (tertiary/aromatic N) is 2. The lowest BCUT2D eigenvalue weighted by Gasteiger charge is -2.39. The Morgan fingerprint density at radius 2 is 2.05 bits per heavy atom. The number of thioether (sulfide) groups is 1. The fraction of sp³-hybridized carbons (Fsp3) is 0.833. The number of hydrogen-bond acceptors (Lipinski definition) is 6. The Labute approximate surface area is 128 Å². The van der Waals surface area contributed by atoms with Gasteiger partial charge in [-0.3, -0.25) is 4.79 Å². The molecule has 1 heterocycles. The summed E-state index contributed by atoms with van der Waals surface area (Å²) in [6.07, 6.45) is 3.78. The summed E-state index contributed by atoms with van der Waals surface area (Å²) >= 11 is 1.52. The Kier molecular flexibility index (Phi) is 4.72. The second kappa shape index (κ2) is 6.04. The van der Waals surface area contributed by atoms with E-state index in [2.05, 4.69) is 5.16 Å². The van der Waals surface area contributed by atoms with E-state index in [0.717, 1.165) is 19.1 Å². The van der Waals surface area contributed by atoms with Crippen molar-refractivity contribution in [3.63, 3.8) is 0 Å². The van der Waals surface area contributed by atoms with Crippen LogP contribution in [0.3, 0.4) is 0 Å². The van der Waals surface area contributed by atoms with E-state index < -0.39 is 20.6 Å². The zero-order valence-corrected chi connectivity index (χ0v) is 13.6. The Bertz CT molecular complexity index is 541. The maximum absolute atomic E-state index is 13.0. The van der Waals surface area contributed by atoms with E-state index >= 15 is 0 Å². The van der Waals surface area contributed by atoms with Gasteiger partial charge in [0.2, 0.25) is 5.91 Å². The molecule has 1 saturated carbocycles. The van der Waals surface area contributed by atoms with Crippen molar-refractivity contribution in [2.45, 2.75) is 31.1 Å². The smallest absolute Gasteiger partial charge is 0.237 e. The quantitative estimate of drug-likeness (QED) is 0.330. The number of oxime groups is 1. The lowest BCUT2D eigenvalue weighted by atomic mass is 9.83. The fourth-order valence-electron chi connectivity index (χ4n) is 3.10. The van der Waals surface area contributed by atoms with Crippen molar-refractivity contribution < 1.29 is 18.4 Å². The molecule has 1 saturated heterocycles. The number of sulfone groups is 1. The van der Waals surface area contributed by atoms with Crippen LogP contribution in [0.15, 0.2) is 5.16 Å². The summed E-state index contributed by atoms with van der Waals surface area (Å²) in [5.74, 6) is 0.655. The van der Waals surface area contributed by atoms with E-state index in [1.807, 2.05) is 0 Å². The summed E-state index contributed by atoms with van der Waals surface area (Å²) in [4.78, 5) is 14.4. The monoisotopic (exact) mass is 335 g/mol. The predicted molar refractivity (Wildman–Crippen MR) is 82.0 cm³/mol. The van der Waals surface area contributed by atoms with E-state index in [1.165, 1.54) is 16.7 Å². The maximum atomic E-state index is 13.0. The van der Waals surface area contributed by atoms with Crippen LogP contribution in [0.25, 0.3) is 0 Å². The van der Waals surface area contributed by atoms with Crippen LogP contribution in [0.4, 0.5) is 0 Å². The first-order valence-corrected chi connectivity index (χ1v) is 9.99. The van der Waals surface area contributed by atoms with E-state index in [-0.39, 0.29) is 11.7 Å². The number of nitrogens with two attached hydrogens (primary N) is 1. The van der Waals surface area contributed by atoms with Gasteiger partial charge in [-0.1, -0.05) is 18.0 Å². The van der Waals surface area contributed by atoms with Crippen LogP contribution in [0.5, 0.6) is 0 Å². The highest BCUT2D eigenvalue weighted by Gasteiger charge is 2.50. The Balaban J connectivity index is 2.35. The average molecular weight is 335 g/mol. The van der Waals surface area contributed by atoms with Crippen molar-refractivity contribution in [1.82, 2.24) is 4.90 Å². The van der Waals surface area contributed by atoms with Crippen LogP contribution >= 0.6 is 11.8 Å². The number of hydrogen-bond donors (Lipinski definition) is 2. The second-order valence-corrected chi connectivity index (χ2v) is 8.99. The fourth-order valence-corrected chi connectivity index (χ4v) is 5.91. The summed E-state index contributed by atoms with van der Waals surface area (Å²) in [7, 11) is -3.37. The Morgan fingerprint density at radius 3 is 2.57 bits per heavy atom. The van der Waals surface area contributed by atoms with Gasteiger partial charge in [0.25, 0.3) is 0 Å². The lowest BCUT2D eigenvalue weighted by Crippen LogP contribution is -2.57. The van der Waals surface area contributed by atoms with Gasteiger partial charge in [-0.05, 0) is 12.8 Å². The highest BCUT2D eigenvalue weighted by molar-refractivity contribution is 8.00. The maximum Gasteiger partial charge on any atom is 0.237 e. The van der Waals surface area contributed by atoms with Gasteiger partial charge >= 0.3 is 0 Å². The van der Waals surface area contributed by atoms with Crippen molar-refractivity contribution in [1.29, 1.82) is 0 Å². The van der Waals surface area contributed by atoms with Crippen LogP contribution in [0.1, 0.15) is 25.7 Å². The summed E-state index contributed by atoms with van der Waals surface area (Å²) in [5.41, 5.74) is 4.73. The van der Waals surface area contributed by atoms with Crippen LogP contribution in [-0.2, 0) is 14.6 Å². The van der Waals surface area contributed by atoms with Gasteiger partial charge in [-0.2, -0.15) is 11.8 Å². The van der Waals surface area contributed by atoms with Crippen LogP contribution in [0.2, 0.25) is 0 Å². The first-order chi connectivity index (χ1) is 9.83. The van der Waals surface area contributed by atoms with Gasteiger partial charge in [-0.15, -0.1) is 0 Å². The molecule has 7 nitrogen and oxygen atoms in total. The summed E-state index contributed by atoms with van der Waals surface area (Å²) in [5, 5.41) is 11.2. The third-order valence-electron chi connectivity index (χ3n) is 4.30. The van der Waals surface area contributed by atoms with Gasteiger partial charge < -0.3 is 15.8 Å². The van der Waals surface area contributed by atoms with Crippen molar-refractivity contribution in [3.05, 3.63) is 0 Å². The Hall–Kier alpha value is -0.960. The van der Waals surface area contributed by atoms with Gasteiger partial charge in [-0.25, -0.2) is 8.42 Å². The van der Waals surface area contributed by atoms with Crippen molar-refractivity contribution in [2.75, 3.05) is 24.3 Å². The molecule has 9 heteroatoms. The molecule has 21 heavy (non-hydrogen) atoms. The van der Waals surface area contributed by atoms with E-state index in [9.17, 15) is 13.2 Å². The molecule has 1 aliphatic heterocycles. The van der Waals surface area contributed by atoms with Crippen LogP contribution < -0.4 is 5.73 Å². The molecule has 3 N–H and O–H groups in total. The molecule has 0 radical (unpaired) electrons. The molecule has 0 aromatic carbocycles. The molecule has 1 amide bonds. The lowest BCUT2D eigenvalue weighted by molar-refractivity contribution is -0.138. The molecule has 0 bridgehead atoms. The van der Waals surface area contributed by atoms with E-state index in [0.29, 0.717) is 30.9 Å². The Morgan fingerprint density at radius 1 is 1.43 bits per heavy atom. The van der Waals surface area contributed by atoms with Crippen LogP contribution in [-0.4, -0.2) is 59.9 Å². The molecule has 0 aromatic rings. The minimum atomic E-state index is -3.37. The molecule has 2 aliphatic rings. The molecule has 1 atom stereocenters.